The Labute approximate surface area is 356 Å². The standard InChI is InChI=1S/C48H73NO11/c1-26(2)29-15-20-48(43(56)49-23-28-11-9-8-10-12-28)22-21-46(6)30(35(29)48)13-14-33-44(4)18-17-34(45(5,25-50)32(44)16-19-47(33,46)7)59-42-40(37(53)31(51)24-57-42)60-41-39(55)38(54)36(52)27(3)58-41/h8-12,27,29-42,50-55H,1,13-25H2,2-7H3,(H,49,56)/t27-,29-,30?,31-,32+,33?,34-,35?,36-,37-,38+,39+,40+,41-,42-,44-,45-,46+,47+,48-/m0/s1. The number of aliphatic hydroxyl groups excluding tert-OH is 6. The van der Waals surface area contributed by atoms with E-state index in [2.05, 4.69) is 58.6 Å². The van der Waals surface area contributed by atoms with Crippen molar-refractivity contribution in [3.63, 3.8) is 0 Å². The van der Waals surface area contributed by atoms with Gasteiger partial charge in [-0.3, -0.25) is 4.79 Å². The van der Waals surface area contributed by atoms with Gasteiger partial charge in [-0.05, 0) is 129 Å². The van der Waals surface area contributed by atoms with E-state index in [4.69, 9.17) is 18.9 Å². The molecule has 8 rings (SSSR count). The number of amides is 1. The maximum absolute atomic E-state index is 14.6. The minimum Gasteiger partial charge on any atom is -0.396 e. The van der Waals surface area contributed by atoms with Crippen LogP contribution in [0.4, 0.5) is 0 Å². The third-order valence-corrected chi connectivity index (χ3v) is 18.7. The lowest BCUT2D eigenvalue weighted by Crippen LogP contribution is -2.68. The summed E-state index contributed by atoms with van der Waals surface area (Å²) in [6.07, 6.45) is -3.10. The number of ether oxygens (including phenoxy) is 4. The van der Waals surface area contributed by atoms with E-state index in [1.165, 1.54) is 5.57 Å². The smallest absolute Gasteiger partial charge is 0.226 e. The van der Waals surface area contributed by atoms with Crippen LogP contribution in [0, 0.1) is 56.7 Å². The van der Waals surface area contributed by atoms with Crippen molar-refractivity contribution in [3.05, 3.63) is 48.0 Å². The van der Waals surface area contributed by atoms with Gasteiger partial charge < -0.3 is 54.9 Å². The molecule has 2 heterocycles. The van der Waals surface area contributed by atoms with Gasteiger partial charge in [-0.1, -0.05) is 70.2 Å². The van der Waals surface area contributed by atoms with Crippen molar-refractivity contribution in [2.24, 2.45) is 56.7 Å². The normalized spacial score (nSPS) is 51.4. The second-order valence-electron chi connectivity index (χ2n) is 21.4. The van der Waals surface area contributed by atoms with Crippen molar-refractivity contribution >= 4 is 5.91 Å². The molecule has 1 aromatic carbocycles. The summed E-state index contributed by atoms with van der Waals surface area (Å²) in [5.41, 5.74) is 1.17. The Morgan fingerprint density at radius 2 is 1.55 bits per heavy atom. The number of aliphatic hydroxyl groups is 6. The molecule has 20 atom stereocenters. The molecule has 1 amide bonds. The molecular weight excluding hydrogens is 767 g/mol. The number of hydrogen-bond acceptors (Lipinski definition) is 11. The first-order valence-electron chi connectivity index (χ1n) is 22.9. The van der Waals surface area contributed by atoms with E-state index in [0.29, 0.717) is 30.7 Å². The van der Waals surface area contributed by atoms with Crippen LogP contribution in [-0.2, 0) is 30.3 Å². The third-order valence-electron chi connectivity index (χ3n) is 18.7. The zero-order valence-electron chi connectivity index (χ0n) is 36.7. The summed E-state index contributed by atoms with van der Waals surface area (Å²) >= 11 is 0. The van der Waals surface area contributed by atoms with Crippen LogP contribution in [0.2, 0.25) is 0 Å². The summed E-state index contributed by atoms with van der Waals surface area (Å²) in [5.74, 6) is 1.69. The van der Waals surface area contributed by atoms with Gasteiger partial charge >= 0.3 is 0 Å². The lowest BCUT2D eigenvalue weighted by molar-refractivity contribution is -0.366. The van der Waals surface area contributed by atoms with E-state index in [-0.39, 0.29) is 47.2 Å². The minimum atomic E-state index is -1.62. The van der Waals surface area contributed by atoms with E-state index in [1.54, 1.807) is 6.92 Å². The fourth-order valence-electron chi connectivity index (χ4n) is 15.2. The van der Waals surface area contributed by atoms with Crippen LogP contribution in [0.5, 0.6) is 0 Å². The quantitative estimate of drug-likeness (QED) is 0.136. The van der Waals surface area contributed by atoms with Gasteiger partial charge in [0.1, 0.15) is 36.6 Å². The minimum absolute atomic E-state index is 0.0158. The topological polar surface area (TPSA) is 187 Å². The average Bonchev–Trinajstić information content (AvgIpc) is 3.64. The number of hydrogen-bond donors (Lipinski definition) is 7. The van der Waals surface area contributed by atoms with E-state index < -0.39 is 72.2 Å². The summed E-state index contributed by atoms with van der Waals surface area (Å²) in [6.45, 7) is 18.1. The Bertz CT molecular complexity index is 1730. The number of benzene rings is 1. The molecule has 12 nitrogen and oxygen atoms in total. The van der Waals surface area contributed by atoms with Crippen LogP contribution >= 0.6 is 0 Å². The molecule has 1 aromatic rings. The fraction of sp³-hybridized carbons (Fsp3) is 0.812. The van der Waals surface area contributed by atoms with Crippen molar-refractivity contribution in [2.75, 3.05) is 13.2 Å². The molecule has 7 fully saturated rings. The Morgan fingerprint density at radius 3 is 2.25 bits per heavy atom. The number of rotatable bonds is 9. The SMILES string of the molecule is C=C(C)[C@@H]1CC[C@]2(C(=O)NCc3ccccc3)CC[C@]3(C)C(CCC4[C@@]5(C)CC[C@H](O[C@@H]6OC[C@H](O)[C@H](O)[C@H]6O[C@@H]6O[C@@H](C)[C@H](O)[C@@H](O)[C@H]6O)[C@@](C)(CO)[C@@H]5CC[C@]43C)C12. The van der Waals surface area contributed by atoms with E-state index in [9.17, 15) is 35.4 Å². The maximum atomic E-state index is 14.6. The summed E-state index contributed by atoms with van der Waals surface area (Å²) in [6, 6.07) is 10.2. The molecule has 5 aliphatic carbocycles. The van der Waals surface area contributed by atoms with Crippen LogP contribution < -0.4 is 5.32 Å². The van der Waals surface area contributed by atoms with Crippen molar-refractivity contribution in [1.29, 1.82) is 0 Å². The van der Waals surface area contributed by atoms with Gasteiger partial charge in [0.25, 0.3) is 0 Å². The molecule has 3 unspecified atom stereocenters. The van der Waals surface area contributed by atoms with Gasteiger partial charge in [0.15, 0.2) is 12.6 Å². The van der Waals surface area contributed by atoms with Crippen molar-refractivity contribution < 1.29 is 54.4 Å². The molecule has 0 bridgehead atoms. The Kier molecular flexibility index (Phi) is 12.1. The summed E-state index contributed by atoms with van der Waals surface area (Å²) < 4.78 is 24.5. The van der Waals surface area contributed by atoms with Crippen molar-refractivity contribution in [2.45, 2.75) is 174 Å². The predicted molar refractivity (Wildman–Crippen MR) is 223 cm³/mol. The molecule has 7 N–H and O–H groups in total. The first kappa shape index (κ1) is 44.6. The average molecular weight is 840 g/mol. The molecule has 5 saturated carbocycles. The molecule has 0 spiro atoms. The Morgan fingerprint density at radius 1 is 0.817 bits per heavy atom. The highest BCUT2D eigenvalue weighted by Crippen LogP contribution is 2.77. The van der Waals surface area contributed by atoms with Gasteiger partial charge in [0.05, 0.1) is 30.8 Å². The van der Waals surface area contributed by atoms with E-state index in [1.807, 2.05) is 18.2 Å². The van der Waals surface area contributed by atoms with Crippen LogP contribution in [0.1, 0.15) is 111 Å². The zero-order chi connectivity index (χ0) is 43.2. The largest absolute Gasteiger partial charge is 0.396 e. The number of allylic oxidation sites excluding steroid dienone is 1. The van der Waals surface area contributed by atoms with Crippen LogP contribution in [0.3, 0.4) is 0 Å². The highest BCUT2D eigenvalue weighted by molar-refractivity contribution is 5.84. The predicted octanol–water partition coefficient (Wildman–Crippen LogP) is 4.61. The summed E-state index contributed by atoms with van der Waals surface area (Å²) in [7, 11) is 0. The van der Waals surface area contributed by atoms with Crippen LogP contribution in [0.15, 0.2) is 42.5 Å². The van der Waals surface area contributed by atoms with Gasteiger partial charge in [-0.25, -0.2) is 0 Å². The second-order valence-corrected chi connectivity index (χ2v) is 21.4. The molecule has 12 heteroatoms. The number of carbonyl (C=O) groups is 1. The molecule has 0 aromatic heterocycles. The zero-order valence-corrected chi connectivity index (χ0v) is 36.7. The van der Waals surface area contributed by atoms with Gasteiger partial charge in [0, 0.05) is 12.0 Å². The Balaban J connectivity index is 1.03. The Hall–Kier alpha value is -1.97. The van der Waals surface area contributed by atoms with E-state index >= 15 is 0 Å². The number of carbonyl (C=O) groups excluding carboxylic acids is 1. The molecule has 2 saturated heterocycles. The first-order chi connectivity index (χ1) is 28.4. The summed E-state index contributed by atoms with van der Waals surface area (Å²) in [4.78, 5) is 14.6. The van der Waals surface area contributed by atoms with E-state index in [0.717, 1.165) is 63.4 Å². The second kappa shape index (κ2) is 16.2. The maximum Gasteiger partial charge on any atom is 0.226 e. The molecular formula is C48H73NO11. The van der Waals surface area contributed by atoms with Crippen LogP contribution in [-0.4, -0.2) is 111 Å². The summed E-state index contributed by atoms with van der Waals surface area (Å²) in [5, 5.41) is 68.1. The van der Waals surface area contributed by atoms with Crippen LogP contribution in [0.25, 0.3) is 0 Å². The third kappa shape index (κ3) is 6.79. The van der Waals surface area contributed by atoms with Gasteiger partial charge in [0.2, 0.25) is 5.91 Å². The first-order valence-corrected chi connectivity index (χ1v) is 22.9. The lowest BCUT2D eigenvalue weighted by atomic mass is 9.32. The van der Waals surface area contributed by atoms with Gasteiger partial charge in [-0.15, -0.1) is 0 Å². The number of nitrogens with one attached hydrogen (secondary N) is 1. The molecule has 60 heavy (non-hydrogen) atoms. The number of fused-ring (bicyclic) bond motifs is 7. The molecule has 336 valence electrons. The highest BCUT2D eigenvalue weighted by atomic mass is 16.8. The molecule has 7 aliphatic rings. The molecule has 2 aliphatic heterocycles. The fourth-order valence-corrected chi connectivity index (χ4v) is 15.2. The monoisotopic (exact) mass is 840 g/mol. The lowest BCUT2D eigenvalue weighted by Gasteiger charge is -2.73. The van der Waals surface area contributed by atoms with Crippen molar-refractivity contribution in [3.8, 4) is 0 Å². The van der Waals surface area contributed by atoms with Crippen molar-refractivity contribution in [1.82, 2.24) is 5.32 Å². The highest BCUT2D eigenvalue weighted by Gasteiger charge is 2.72. The van der Waals surface area contributed by atoms with Gasteiger partial charge in [-0.2, -0.15) is 0 Å². The molecule has 0 radical (unpaired) electrons.